The van der Waals surface area contributed by atoms with Gasteiger partial charge in [-0.1, -0.05) is 0 Å². The highest BCUT2D eigenvalue weighted by Crippen LogP contribution is 2.23. The number of hydrogen-bond donors (Lipinski definition) is 1. The number of likely N-dealkylation sites (tertiary alicyclic amines) is 1. The number of nitrogens with one attached hydrogen (secondary N) is 1. The Hall–Kier alpha value is -1.52. The molecule has 25 heavy (non-hydrogen) atoms. The van der Waals surface area contributed by atoms with Crippen molar-refractivity contribution in [3.63, 3.8) is 0 Å². The highest BCUT2D eigenvalue weighted by Gasteiger charge is 2.26. The molecule has 1 aromatic heterocycles. The number of piperidine rings is 1. The molecule has 0 atom stereocenters. The Balaban J connectivity index is 1.71. The van der Waals surface area contributed by atoms with E-state index in [4.69, 9.17) is 4.74 Å². The lowest BCUT2D eigenvalue weighted by molar-refractivity contribution is -0.390. The van der Waals surface area contributed by atoms with Crippen LogP contribution < -0.4 is 5.32 Å². The first kappa shape index (κ1) is 19.8. The highest BCUT2D eigenvalue weighted by molar-refractivity contribution is 9.10. The van der Waals surface area contributed by atoms with Crippen molar-refractivity contribution in [2.45, 2.75) is 32.9 Å². The molecule has 2 heterocycles. The third-order valence-electron chi connectivity index (χ3n) is 4.14. The van der Waals surface area contributed by atoms with E-state index >= 15 is 0 Å². The highest BCUT2D eigenvalue weighted by atomic mass is 79.9. The van der Waals surface area contributed by atoms with E-state index in [1.807, 2.05) is 6.92 Å². The predicted molar refractivity (Wildman–Crippen MR) is 95.0 cm³/mol. The predicted octanol–water partition coefficient (Wildman–Crippen LogP) is 1.77. The van der Waals surface area contributed by atoms with Crippen molar-refractivity contribution in [1.29, 1.82) is 0 Å². The maximum absolute atomic E-state index is 12.1. The minimum atomic E-state index is -0.511. The van der Waals surface area contributed by atoms with Crippen LogP contribution in [0.1, 0.15) is 26.2 Å². The first-order valence-corrected chi connectivity index (χ1v) is 9.25. The van der Waals surface area contributed by atoms with Gasteiger partial charge in [0.1, 0.15) is 11.1 Å². The van der Waals surface area contributed by atoms with Gasteiger partial charge in [-0.2, -0.15) is 4.68 Å². The lowest BCUT2D eigenvalue weighted by Crippen LogP contribution is -2.41. The van der Waals surface area contributed by atoms with E-state index in [1.165, 1.54) is 0 Å². The maximum atomic E-state index is 12.1. The molecule has 10 heteroatoms. The summed E-state index contributed by atoms with van der Waals surface area (Å²) in [6.45, 7) is 5.97. The van der Waals surface area contributed by atoms with Crippen LogP contribution in [0.2, 0.25) is 0 Å². The normalized spacial score (nSPS) is 16.1. The van der Waals surface area contributed by atoms with Gasteiger partial charge in [0.2, 0.25) is 5.91 Å². The summed E-state index contributed by atoms with van der Waals surface area (Å²) in [5, 5.41) is 17.7. The van der Waals surface area contributed by atoms with E-state index < -0.39 is 4.92 Å². The molecule has 1 aliphatic rings. The summed E-state index contributed by atoms with van der Waals surface area (Å²) in [4.78, 5) is 24.6. The van der Waals surface area contributed by atoms with E-state index in [9.17, 15) is 14.9 Å². The zero-order valence-corrected chi connectivity index (χ0v) is 15.9. The third kappa shape index (κ3) is 6.05. The summed E-state index contributed by atoms with van der Waals surface area (Å²) in [6.07, 6.45) is 3.99. The number of amides is 1. The fourth-order valence-electron chi connectivity index (χ4n) is 2.80. The fraction of sp³-hybridized carbons (Fsp3) is 0.733. The second-order valence-corrected chi connectivity index (χ2v) is 6.83. The smallest absolute Gasteiger partial charge is 0.382 e. The van der Waals surface area contributed by atoms with E-state index in [1.54, 1.807) is 10.9 Å². The molecule has 1 N–H and O–H groups in total. The largest absolute Gasteiger partial charge is 0.404 e. The van der Waals surface area contributed by atoms with Gasteiger partial charge >= 0.3 is 5.82 Å². The van der Waals surface area contributed by atoms with Gasteiger partial charge < -0.3 is 20.2 Å². The number of halogens is 1. The molecular formula is C15H24BrN5O4. The lowest BCUT2D eigenvalue weighted by Gasteiger charge is -2.30. The van der Waals surface area contributed by atoms with E-state index in [-0.39, 0.29) is 17.6 Å². The summed E-state index contributed by atoms with van der Waals surface area (Å²) in [5.41, 5.74) is 0. The van der Waals surface area contributed by atoms with Gasteiger partial charge in [-0.3, -0.25) is 9.69 Å². The number of carbonyl (C=O) groups excluding carboxylic acids is 1. The van der Waals surface area contributed by atoms with Gasteiger partial charge in [0, 0.05) is 38.8 Å². The number of nitrogens with zero attached hydrogens (tertiary/aromatic N) is 4. The standard InChI is InChI=1S/C15H24BrN5O4/c1-2-25-9-3-6-17-15(22)12-4-7-19(8-5-12)11-20-10-13(16)14(18-20)21(23)24/h10,12H,2-9,11H2,1H3,(H,17,22). The summed E-state index contributed by atoms with van der Waals surface area (Å²) >= 11 is 3.15. The van der Waals surface area contributed by atoms with Crippen LogP contribution in [0.5, 0.6) is 0 Å². The van der Waals surface area contributed by atoms with Crippen molar-refractivity contribution < 1.29 is 14.5 Å². The molecule has 9 nitrogen and oxygen atoms in total. The molecular weight excluding hydrogens is 394 g/mol. The second-order valence-electron chi connectivity index (χ2n) is 5.97. The first-order chi connectivity index (χ1) is 12.0. The second kappa shape index (κ2) is 9.83. The van der Waals surface area contributed by atoms with Crippen LogP contribution in [0.4, 0.5) is 5.82 Å². The van der Waals surface area contributed by atoms with Crippen LogP contribution in [0.3, 0.4) is 0 Å². The van der Waals surface area contributed by atoms with Crippen LogP contribution >= 0.6 is 15.9 Å². The SMILES string of the molecule is CCOCCCNC(=O)C1CCN(Cn2cc(Br)c([N+](=O)[O-])n2)CC1. The van der Waals surface area contributed by atoms with Crippen LogP contribution in [-0.4, -0.2) is 58.4 Å². The molecule has 0 aliphatic carbocycles. The number of carbonyl (C=O) groups is 1. The maximum Gasteiger partial charge on any atom is 0.404 e. The van der Waals surface area contributed by atoms with Gasteiger partial charge in [0.15, 0.2) is 0 Å². The van der Waals surface area contributed by atoms with Gasteiger partial charge in [0.05, 0.1) is 11.3 Å². The lowest BCUT2D eigenvalue weighted by atomic mass is 9.96. The Morgan fingerprint density at radius 3 is 2.84 bits per heavy atom. The molecule has 1 fully saturated rings. The molecule has 140 valence electrons. The summed E-state index contributed by atoms with van der Waals surface area (Å²) in [7, 11) is 0. The zero-order chi connectivity index (χ0) is 18.2. The summed E-state index contributed by atoms with van der Waals surface area (Å²) < 4.78 is 7.17. The van der Waals surface area contributed by atoms with Crippen molar-refractivity contribution in [2.24, 2.45) is 5.92 Å². The fourth-order valence-corrected chi connectivity index (χ4v) is 3.26. The molecule has 0 spiro atoms. The Morgan fingerprint density at radius 2 is 2.24 bits per heavy atom. The topological polar surface area (TPSA) is 103 Å². The van der Waals surface area contributed by atoms with E-state index in [0.717, 1.165) is 32.4 Å². The molecule has 1 saturated heterocycles. The van der Waals surface area contributed by atoms with Gasteiger partial charge in [0.25, 0.3) is 0 Å². The average Bonchev–Trinajstić information content (AvgIpc) is 2.96. The van der Waals surface area contributed by atoms with Crippen molar-refractivity contribution in [3.8, 4) is 0 Å². The Bertz CT molecular complexity index is 586. The minimum Gasteiger partial charge on any atom is -0.382 e. The Labute approximate surface area is 155 Å². The van der Waals surface area contributed by atoms with Crippen molar-refractivity contribution in [3.05, 3.63) is 20.8 Å². The van der Waals surface area contributed by atoms with Gasteiger partial charge in [-0.15, -0.1) is 0 Å². The van der Waals surface area contributed by atoms with Gasteiger partial charge in [-0.05, 0) is 47.0 Å². The van der Waals surface area contributed by atoms with E-state index in [0.29, 0.717) is 30.9 Å². The monoisotopic (exact) mass is 417 g/mol. The summed E-state index contributed by atoms with van der Waals surface area (Å²) in [5.74, 6) is -0.0445. The molecule has 1 amide bonds. The van der Waals surface area contributed by atoms with Crippen molar-refractivity contribution >= 4 is 27.7 Å². The minimum absolute atomic E-state index is 0.0297. The number of hydrogen-bond acceptors (Lipinski definition) is 6. The molecule has 0 saturated carbocycles. The number of nitro groups is 1. The molecule has 0 bridgehead atoms. The number of aromatic nitrogens is 2. The summed E-state index contributed by atoms with van der Waals surface area (Å²) in [6, 6.07) is 0. The molecule has 1 aliphatic heterocycles. The van der Waals surface area contributed by atoms with Crippen molar-refractivity contribution in [1.82, 2.24) is 20.0 Å². The van der Waals surface area contributed by atoms with Crippen LogP contribution in [0.15, 0.2) is 10.7 Å². The Kier molecular flexibility index (Phi) is 7.79. The van der Waals surface area contributed by atoms with Crippen LogP contribution in [0.25, 0.3) is 0 Å². The zero-order valence-electron chi connectivity index (χ0n) is 14.3. The van der Waals surface area contributed by atoms with Gasteiger partial charge in [-0.25, -0.2) is 0 Å². The van der Waals surface area contributed by atoms with Crippen LogP contribution in [-0.2, 0) is 16.2 Å². The number of ether oxygens (including phenoxy) is 1. The number of rotatable bonds is 9. The molecule has 2 rings (SSSR count). The van der Waals surface area contributed by atoms with Crippen molar-refractivity contribution in [2.75, 3.05) is 32.8 Å². The Morgan fingerprint density at radius 1 is 1.52 bits per heavy atom. The van der Waals surface area contributed by atoms with Crippen LogP contribution in [0, 0.1) is 16.0 Å². The molecule has 0 aromatic carbocycles. The quantitative estimate of drug-likeness (QED) is 0.373. The first-order valence-electron chi connectivity index (χ1n) is 8.46. The van der Waals surface area contributed by atoms with E-state index in [2.05, 4.69) is 31.2 Å². The molecule has 1 aromatic rings. The molecule has 0 radical (unpaired) electrons. The molecule has 0 unspecified atom stereocenters. The third-order valence-corrected chi connectivity index (χ3v) is 4.70. The average molecular weight is 418 g/mol.